The van der Waals surface area contributed by atoms with Gasteiger partial charge in [-0.25, -0.2) is 0 Å². The van der Waals surface area contributed by atoms with Gasteiger partial charge >= 0.3 is 0 Å². The summed E-state index contributed by atoms with van der Waals surface area (Å²) in [5.74, 6) is 0.0436. The Morgan fingerprint density at radius 2 is 1.78 bits per heavy atom. The number of anilines is 1. The molecule has 0 bridgehead atoms. The van der Waals surface area contributed by atoms with Crippen molar-refractivity contribution in [3.05, 3.63) is 42.0 Å². The van der Waals surface area contributed by atoms with Crippen molar-refractivity contribution in [1.82, 2.24) is 4.57 Å². The Balaban J connectivity index is 2.16. The molecule has 0 aliphatic rings. The standard InChI is InChI=1S/C19H22N2O2/c1-3-5-19(23)20-14-7-9-18-16(11-14)15-10-13(12-22)6-8-17(15)21(18)4-2/h6-11,22H,3-5,12H2,1-2H3,(H,20,23). The van der Waals surface area contributed by atoms with Gasteiger partial charge in [-0.1, -0.05) is 13.0 Å². The van der Waals surface area contributed by atoms with Crippen molar-refractivity contribution in [3.8, 4) is 0 Å². The molecule has 2 aromatic carbocycles. The minimum Gasteiger partial charge on any atom is -0.392 e. The lowest BCUT2D eigenvalue weighted by atomic mass is 10.1. The quantitative estimate of drug-likeness (QED) is 0.747. The average Bonchev–Trinajstić information content (AvgIpc) is 2.87. The topological polar surface area (TPSA) is 54.3 Å². The SMILES string of the molecule is CCCC(=O)Nc1ccc2c(c1)c1cc(CO)ccc1n2CC. The van der Waals surface area contributed by atoms with E-state index >= 15 is 0 Å². The summed E-state index contributed by atoms with van der Waals surface area (Å²) in [7, 11) is 0. The van der Waals surface area contributed by atoms with Crippen LogP contribution in [0.15, 0.2) is 36.4 Å². The van der Waals surface area contributed by atoms with Crippen LogP contribution in [0, 0.1) is 0 Å². The van der Waals surface area contributed by atoms with Crippen molar-refractivity contribution in [2.24, 2.45) is 0 Å². The van der Waals surface area contributed by atoms with Gasteiger partial charge in [0.25, 0.3) is 0 Å². The number of nitrogens with one attached hydrogen (secondary N) is 1. The van der Waals surface area contributed by atoms with Gasteiger partial charge in [0.1, 0.15) is 0 Å². The first-order valence-corrected chi connectivity index (χ1v) is 8.13. The second kappa shape index (κ2) is 6.42. The van der Waals surface area contributed by atoms with E-state index in [4.69, 9.17) is 0 Å². The molecule has 1 aromatic heterocycles. The molecule has 0 aliphatic carbocycles. The van der Waals surface area contributed by atoms with Crippen LogP contribution in [0.1, 0.15) is 32.3 Å². The lowest BCUT2D eigenvalue weighted by Gasteiger charge is -2.06. The first-order chi connectivity index (χ1) is 11.2. The van der Waals surface area contributed by atoms with E-state index in [0.717, 1.165) is 46.0 Å². The van der Waals surface area contributed by atoms with E-state index in [1.54, 1.807) is 0 Å². The van der Waals surface area contributed by atoms with Crippen LogP contribution >= 0.6 is 0 Å². The Labute approximate surface area is 135 Å². The fourth-order valence-electron chi connectivity index (χ4n) is 3.12. The van der Waals surface area contributed by atoms with Crippen LogP contribution in [-0.4, -0.2) is 15.6 Å². The van der Waals surface area contributed by atoms with Crippen molar-refractivity contribution in [2.45, 2.75) is 39.8 Å². The zero-order valence-electron chi connectivity index (χ0n) is 13.6. The van der Waals surface area contributed by atoms with E-state index in [1.807, 2.05) is 31.2 Å². The van der Waals surface area contributed by atoms with Crippen LogP contribution in [0.3, 0.4) is 0 Å². The van der Waals surface area contributed by atoms with Gasteiger partial charge in [0.2, 0.25) is 5.91 Å². The largest absolute Gasteiger partial charge is 0.392 e. The van der Waals surface area contributed by atoms with Crippen molar-refractivity contribution in [2.75, 3.05) is 5.32 Å². The van der Waals surface area contributed by atoms with E-state index < -0.39 is 0 Å². The number of nitrogens with zero attached hydrogens (tertiary/aromatic N) is 1. The lowest BCUT2D eigenvalue weighted by Crippen LogP contribution is -2.10. The highest BCUT2D eigenvalue weighted by atomic mass is 16.3. The van der Waals surface area contributed by atoms with Gasteiger partial charge in [0.05, 0.1) is 6.61 Å². The summed E-state index contributed by atoms with van der Waals surface area (Å²) in [4.78, 5) is 11.8. The van der Waals surface area contributed by atoms with E-state index in [-0.39, 0.29) is 12.5 Å². The number of carbonyl (C=O) groups is 1. The third-order valence-electron chi connectivity index (χ3n) is 4.19. The molecule has 3 rings (SSSR count). The molecule has 2 N–H and O–H groups in total. The van der Waals surface area contributed by atoms with E-state index in [0.29, 0.717) is 6.42 Å². The Morgan fingerprint density at radius 3 is 2.43 bits per heavy atom. The van der Waals surface area contributed by atoms with Gasteiger partial charge in [-0.3, -0.25) is 4.79 Å². The third-order valence-corrected chi connectivity index (χ3v) is 4.19. The number of aliphatic hydroxyl groups excluding tert-OH is 1. The molecule has 120 valence electrons. The molecule has 23 heavy (non-hydrogen) atoms. The van der Waals surface area contributed by atoms with Gasteiger partial charge in [-0.15, -0.1) is 0 Å². The van der Waals surface area contributed by atoms with Crippen LogP contribution in [0.25, 0.3) is 21.8 Å². The maximum Gasteiger partial charge on any atom is 0.224 e. The molecule has 4 heteroatoms. The predicted octanol–water partition coefficient (Wildman–Crippen LogP) is 4.05. The summed E-state index contributed by atoms with van der Waals surface area (Å²) >= 11 is 0. The van der Waals surface area contributed by atoms with Gasteiger partial charge < -0.3 is 15.0 Å². The number of aryl methyl sites for hydroxylation is 1. The maximum atomic E-state index is 11.8. The highest BCUT2D eigenvalue weighted by molar-refractivity contribution is 6.10. The van der Waals surface area contributed by atoms with Gasteiger partial charge in [-0.05, 0) is 49.2 Å². The summed E-state index contributed by atoms with van der Waals surface area (Å²) < 4.78 is 2.25. The first-order valence-electron chi connectivity index (χ1n) is 8.13. The summed E-state index contributed by atoms with van der Waals surface area (Å²) in [5.41, 5.74) is 4.01. The van der Waals surface area contributed by atoms with E-state index in [2.05, 4.69) is 28.9 Å². The number of fused-ring (bicyclic) bond motifs is 3. The average molecular weight is 310 g/mol. The fraction of sp³-hybridized carbons (Fsp3) is 0.316. The molecule has 0 saturated carbocycles. The molecule has 4 nitrogen and oxygen atoms in total. The normalized spacial score (nSPS) is 11.3. The Bertz CT molecular complexity index is 865. The Morgan fingerprint density at radius 1 is 1.09 bits per heavy atom. The number of aromatic nitrogens is 1. The van der Waals surface area contributed by atoms with Crippen molar-refractivity contribution in [3.63, 3.8) is 0 Å². The second-order valence-electron chi connectivity index (χ2n) is 5.78. The fourth-order valence-corrected chi connectivity index (χ4v) is 3.12. The van der Waals surface area contributed by atoms with Crippen molar-refractivity contribution >= 4 is 33.4 Å². The summed E-state index contributed by atoms with van der Waals surface area (Å²) in [5, 5.41) is 14.6. The number of hydrogen-bond donors (Lipinski definition) is 2. The highest BCUT2D eigenvalue weighted by Crippen LogP contribution is 2.32. The molecular formula is C19H22N2O2. The smallest absolute Gasteiger partial charge is 0.224 e. The highest BCUT2D eigenvalue weighted by Gasteiger charge is 2.11. The van der Waals surface area contributed by atoms with Gasteiger partial charge in [-0.2, -0.15) is 0 Å². The van der Waals surface area contributed by atoms with E-state index in [9.17, 15) is 9.90 Å². The zero-order valence-corrected chi connectivity index (χ0v) is 13.6. The van der Waals surface area contributed by atoms with Crippen LogP contribution in [0.5, 0.6) is 0 Å². The van der Waals surface area contributed by atoms with Crippen LogP contribution in [0.2, 0.25) is 0 Å². The molecule has 3 aromatic rings. The number of aliphatic hydroxyl groups is 1. The molecule has 0 fully saturated rings. The minimum absolute atomic E-state index is 0.0294. The summed E-state index contributed by atoms with van der Waals surface area (Å²) in [6, 6.07) is 12.1. The van der Waals surface area contributed by atoms with Gasteiger partial charge in [0, 0.05) is 40.5 Å². The van der Waals surface area contributed by atoms with Crippen LogP contribution in [0.4, 0.5) is 5.69 Å². The summed E-state index contributed by atoms with van der Waals surface area (Å²) in [6.07, 6.45) is 1.37. The first kappa shape index (κ1) is 15.6. The van der Waals surface area contributed by atoms with Crippen LogP contribution in [-0.2, 0) is 17.9 Å². The number of carbonyl (C=O) groups excluding carboxylic acids is 1. The molecule has 1 amide bonds. The van der Waals surface area contributed by atoms with Gasteiger partial charge in [0.15, 0.2) is 0 Å². The maximum absolute atomic E-state index is 11.8. The number of rotatable bonds is 5. The monoisotopic (exact) mass is 310 g/mol. The Kier molecular flexibility index (Phi) is 4.35. The molecule has 0 spiro atoms. The van der Waals surface area contributed by atoms with Crippen molar-refractivity contribution in [1.29, 1.82) is 0 Å². The summed E-state index contributed by atoms with van der Waals surface area (Å²) in [6.45, 7) is 5.02. The molecule has 1 heterocycles. The van der Waals surface area contributed by atoms with Crippen molar-refractivity contribution < 1.29 is 9.90 Å². The number of benzene rings is 2. The minimum atomic E-state index is 0.0294. The molecule has 0 unspecified atom stereocenters. The molecular weight excluding hydrogens is 288 g/mol. The predicted molar refractivity (Wildman–Crippen MR) is 94.6 cm³/mol. The molecule has 0 saturated heterocycles. The molecule has 0 aliphatic heterocycles. The second-order valence-corrected chi connectivity index (χ2v) is 5.78. The number of hydrogen-bond acceptors (Lipinski definition) is 2. The lowest BCUT2D eigenvalue weighted by molar-refractivity contribution is -0.116. The third kappa shape index (κ3) is 2.82. The van der Waals surface area contributed by atoms with E-state index in [1.165, 1.54) is 0 Å². The Hall–Kier alpha value is -2.33. The van der Waals surface area contributed by atoms with Crippen LogP contribution < -0.4 is 5.32 Å². The zero-order chi connectivity index (χ0) is 16.4. The number of amides is 1. The molecule has 0 radical (unpaired) electrons. The molecule has 0 atom stereocenters.